The Hall–Kier alpha value is -3.52. The van der Waals surface area contributed by atoms with E-state index in [-0.39, 0.29) is 42.6 Å². The van der Waals surface area contributed by atoms with Crippen molar-refractivity contribution < 1.29 is 41.7 Å². The third kappa shape index (κ3) is 7.98. The van der Waals surface area contributed by atoms with Gasteiger partial charge in [0.1, 0.15) is 6.35 Å². The fourth-order valence-electron chi connectivity index (χ4n) is 2.94. The zero-order valence-electron chi connectivity index (χ0n) is 20.3. The van der Waals surface area contributed by atoms with E-state index in [0.29, 0.717) is 5.56 Å². The number of rotatable bonds is 13. The van der Waals surface area contributed by atoms with Crippen molar-refractivity contribution in [2.75, 3.05) is 32.6 Å². The van der Waals surface area contributed by atoms with Crippen LogP contribution in [-0.4, -0.2) is 58.6 Å². The lowest BCUT2D eigenvalue weighted by atomic mass is 10.2. The third-order valence-corrected chi connectivity index (χ3v) is 6.14. The summed E-state index contributed by atoms with van der Waals surface area (Å²) in [5, 5.41) is 0. The van der Waals surface area contributed by atoms with E-state index < -0.39 is 44.4 Å². The van der Waals surface area contributed by atoms with E-state index in [4.69, 9.17) is 33.7 Å². The first-order chi connectivity index (χ1) is 17.6. The van der Waals surface area contributed by atoms with Gasteiger partial charge in [0.2, 0.25) is 12.7 Å². The zero-order valence-corrected chi connectivity index (χ0v) is 21.2. The smallest absolute Gasteiger partial charge is 0.494 e. The van der Waals surface area contributed by atoms with Crippen LogP contribution in [0.3, 0.4) is 0 Å². The van der Waals surface area contributed by atoms with Gasteiger partial charge in [-0.3, -0.25) is 18.9 Å². The summed E-state index contributed by atoms with van der Waals surface area (Å²) in [5.74, 6) is -0.665. The molecule has 0 amide bonds. The number of nitrogen functional groups attached to an aromatic ring is 1. The van der Waals surface area contributed by atoms with Crippen molar-refractivity contribution in [2.45, 2.75) is 33.1 Å². The van der Waals surface area contributed by atoms with Crippen LogP contribution in [0.1, 0.15) is 19.4 Å². The number of hydrogen-bond donors (Lipinski definition) is 2. The van der Waals surface area contributed by atoms with Crippen molar-refractivity contribution in [1.29, 1.82) is 0 Å². The lowest BCUT2D eigenvalue weighted by Gasteiger charge is -2.19. The number of fused-ring (bicyclic) bond motifs is 1. The van der Waals surface area contributed by atoms with Crippen molar-refractivity contribution in [3.8, 4) is 5.75 Å². The number of aromatic amines is 1. The molecule has 0 radical (unpaired) electrons. The molecule has 0 saturated heterocycles. The first-order valence-corrected chi connectivity index (χ1v) is 12.7. The molecule has 0 aliphatic carbocycles. The number of anilines is 1. The SMILES string of the molecule is COc1ccc(COP(=O)(COCCn2cnc3c(=O)[nH]c(N)nc32)OCOC(=O)OC(C)C)cc1F. The quantitative estimate of drug-likeness (QED) is 0.140. The Morgan fingerprint density at radius 3 is 2.78 bits per heavy atom. The highest BCUT2D eigenvalue weighted by Gasteiger charge is 2.27. The van der Waals surface area contributed by atoms with Crippen LogP contribution >= 0.6 is 7.60 Å². The van der Waals surface area contributed by atoms with Crippen molar-refractivity contribution in [1.82, 2.24) is 19.5 Å². The minimum atomic E-state index is -4.00. The number of carbonyl (C=O) groups excluding carboxylic acids is 1. The monoisotopic (exact) mass is 543 g/mol. The van der Waals surface area contributed by atoms with Crippen molar-refractivity contribution >= 4 is 30.9 Å². The number of H-pyrrole nitrogens is 1. The van der Waals surface area contributed by atoms with Gasteiger partial charge in [-0.15, -0.1) is 0 Å². The lowest BCUT2D eigenvalue weighted by molar-refractivity contribution is -0.0164. The number of nitrogens with zero attached hydrogens (tertiary/aromatic N) is 3. The summed E-state index contributed by atoms with van der Waals surface area (Å²) >= 11 is 0. The summed E-state index contributed by atoms with van der Waals surface area (Å²) in [6.07, 6.45) is -0.594. The number of ether oxygens (including phenoxy) is 4. The van der Waals surface area contributed by atoms with E-state index in [0.717, 1.165) is 6.07 Å². The molecule has 0 bridgehead atoms. The zero-order chi connectivity index (χ0) is 27.0. The summed E-state index contributed by atoms with van der Waals surface area (Å²) in [5.41, 5.74) is 5.79. The fraction of sp³-hybridized carbons (Fsp3) is 0.429. The normalized spacial score (nSPS) is 13.0. The third-order valence-electron chi connectivity index (χ3n) is 4.62. The second-order valence-electron chi connectivity index (χ2n) is 7.76. The summed E-state index contributed by atoms with van der Waals surface area (Å²) < 4.78 is 59.3. The highest BCUT2D eigenvalue weighted by Crippen LogP contribution is 2.49. The van der Waals surface area contributed by atoms with Crippen LogP contribution < -0.4 is 16.0 Å². The van der Waals surface area contributed by atoms with Gasteiger partial charge in [0.25, 0.3) is 5.56 Å². The molecule has 0 saturated carbocycles. The second kappa shape index (κ2) is 12.6. The summed E-state index contributed by atoms with van der Waals surface area (Å²) in [6, 6.07) is 4.07. The topological polar surface area (TPSA) is 179 Å². The maximum atomic E-state index is 14.0. The van der Waals surface area contributed by atoms with E-state index in [1.165, 1.54) is 30.1 Å². The molecule has 0 aliphatic rings. The summed E-state index contributed by atoms with van der Waals surface area (Å²) in [4.78, 5) is 33.9. The molecule has 2 heterocycles. The van der Waals surface area contributed by atoms with Gasteiger partial charge in [0.15, 0.2) is 22.7 Å². The van der Waals surface area contributed by atoms with Crippen molar-refractivity contribution in [3.63, 3.8) is 0 Å². The average molecular weight is 543 g/mol. The van der Waals surface area contributed by atoms with Gasteiger partial charge < -0.3 is 33.8 Å². The van der Waals surface area contributed by atoms with Crippen LogP contribution in [0.5, 0.6) is 5.75 Å². The molecule has 0 spiro atoms. The van der Waals surface area contributed by atoms with E-state index >= 15 is 0 Å². The van der Waals surface area contributed by atoms with Crippen molar-refractivity contribution in [3.05, 3.63) is 46.3 Å². The van der Waals surface area contributed by atoms with E-state index in [1.807, 2.05) is 0 Å². The first-order valence-electron chi connectivity index (χ1n) is 10.9. The average Bonchev–Trinajstić information content (AvgIpc) is 3.23. The van der Waals surface area contributed by atoms with Gasteiger partial charge in [-0.1, -0.05) is 6.07 Å². The molecule has 1 atom stereocenters. The highest BCUT2D eigenvalue weighted by molar-refractivity contribution is 7.53. The minimum Gasteiger partial charge on any atom is -0.494 e. The molecule has 37 heavy (non-hydrogen) atoms. The van der Waals surface area contributed by atoms with Crippen molar-refractivity contribution in [2.24, 2.45) is 0 Å². The number of nitrogens with one attached hydrogen (secondary N) is 1. The Morgan fingerprint density at radius 2 is 2.08 bits per heavy atom. The van der Waals surface area contributed by atoms with Crippen LogP contribution in [0.15, 0.2) is 29.3 Å². The standard InChI is InChI=1S/C21H27FN5O9P/c1-13(2)36-21(29)33-11-35-37(30,34-9-14-4-5-16(31-3)15(22)8-14)12-32-7-6-27-10-24-17-18(27)25-20(23)26-19(17)28/h4-5,8,10,13H,6-7,9,11-12H2,1-3H3,(H3,23,25,26,28). The lowest BCUT2D eigenvalue weighted by Crippen LogP contribution is -2.16. The maximum absolute atomic E-state index is 14.0. The van der Waals surface area contributed by atoms with E-state index in [9.17, 15) is 18.5 Å². The van der Waals surface area contributed by atoms with Crippen LogP contribution in [0.4, 0.5) is 15.1 Å². The molecule has 2 aromatic heterocycles. The maximum Gasteiger partial charge on any atom is 0.510 e. The van der Waals surface area contributed by atoms with Gasteiger partial charge in [0.05, 0.1) is 32.8 Å². The predicted molar refractivity (Wildman–Crippen MR) is 127 cm³/mol. The molecule has 3 N–H and O–H groups in total. The number of aromatic nitrogens is 4. The molecule has 0 aliphatic heterocycles. The number of carbonyl (C=O) groups is 1. The van der Waals surface area contributed by atoms with Gasteiger partial charge in [0, 0.05) is 6.54 Å². The summed E-state index contributed by atoms with van der Waals surface area (Å²) in [6.45, 7) is 2.39. The molecule has 16 heteroatoms. The highest BCUT2D eigenvalue weighted by atomic mass is 31.2. The van der Waals surface area contributed by atoms with E-state index in [2.05, 4.69) is 15.0 Å². The number of benzene rings is 1. The Kier molecular flexibility index (Phi) is 9.58. The number of hydrogen-bond acceptors (Lipinski definition) is 12. The van der Waals surface area contributed by atoms with Gasteiger partial charge in [-0.25, -0.2) is 14.2 Å². The molecule has 0 fully saturated rings. The number of methoxy groups -OCH3 is 1. The first kappa shape index (κ1) is 28.1. The molecule has 3 rings (SSSR count). The minimum absolute atomic E-state index is 0.00995. The Morgan fingerprint density at radius 1 is 1.30 bits per heavy atom. The molecule has 1 aromatic carbocycles. The van der Waals surface area contributed by atoms with Crippen LogP contribution in [-0.2, 0) is 41.0 Å². The van der Waals surface area contributed by atoms with Gasteiger partial charge in [-0.05, 0) is 31.5 Å². The Balaban J connectivity index is 1.61. The van der Waals surface area contributed by atoms with E-state index in [1.54, 1.807) is 13.8 Å². The number of nitrogens with two attached hydrogens (primary N) is 1. The van der Waals surface area contributed by atoms with Gasteiger partial charge >= 0.3 is 13.8 Å². The number of imidazole rings is 1. The molecule has 202 valence electrons. The molecular weight excluding hydrogens is 516 g/mol. The second-order valence-corrected chi connectivity index (χ2v) is 9.76. The van der Waals surface area contributed by atoms with Crippen LogP contribution in [0.2, 0.25) is 0 Å². The molecular formula is C21H27FN5O9P. The fourth-order valence-corrected chi connectivity index (χ4v) is 4.07. The van der Waals surface area contributed by atoms with Gasteiger partial charge in [-0.2, -0.15) is 4.98 Å². The molecule has 1 unspecified atom stereocenters. The largest absolute Gasteiger partial charge is 0.510 e. The van der Waals surface area contributed by atoms with Crippen LogP contribution in [0, 0.1) is 5.82 Å². The molecule has 14 nitrogen and oxygen atoms in total. The molecule has 3 aromatic rings. The predicted octanol–water partition coefficient (Wildman–Crippen LogP) is 2.77. The van der Waals surface area contributed by atoms with Crippen LogP contribution in [0.25, 0.3) is 11.2 Å². The Bertz CT molecular complexity index is 1330. The Labute approximate surface area is 210 Å². The number of halogens is 1. The summed E-state index contributed by atoms with van der Waals surface area (Å²) in [7, 11) is -2.68.